The molecule has 31 heavy (non-hydrogen) atoms. The van der Waals surface area contributed by atoms with E-state index in [1.54, 1.807) is 7.05 Å². The molecule has 0 unspecified atom stereocenters. The first kappa shape index (κ1) is 23.7. The van der Waals surface area contributed by atoms with Gasteiger partial charge in [0.2, 0.25) is 0 Å². The van der Waals surface area contributed by atoms with Crippen molar-refractivity contribution in [1.29, 1.82) is 5.26 Å². The second-order valence-electron chi connectivity index (χ2n) is 7.84. The van der Waals surface area contributed by atoms with E-state index in [4.69, 9.17) is 10.00 Å². The number of hydrogen-bond donors (Lipinski definition) is 3. The van der Waals surface area contributed by atoms with E-state index < -0.39 is 11.7 Å². The fourth-order valence-electron chi connectivity index (χ4n) is 2.68. The molecular weight excluding hydrogens is 397 g/mol. The van der Waals surface area contributed by atoms with Crippen LogP contribution in [0, 0.1) is 17.1 Å². The Morgan fingerprint density at radius 1 is 1.16 bits per heavy atom. The molecule has 0 fully saturated rings. The summed E-state index contributed by atoms with van der Waals surface area (Å²) in [6.45, 7) is 6.26. The van der Waals surface area contributed by atoms with Gasteiger partial charge in [-0.2, -0.15) is 5.26 Å². The molecule has 0 spiro atoms. The van der Waals surface area contributed by atoms with Crippen LogP contribution in [0.1, 0.15) is 37.5 Å². The molecule has 0 radical (unpaired) electrons. The van der Waals surface area contributed by atoms with Crippen LogP contribution in [-0.2, 0) is 17.7 Å². The molecule has 8 heteroatoms. The summed E-state index contributed by atoms with van der Waals surface area (Å²) in [7, 11) is 1.63. The molecule has 0 aliphatic rings. The molecule has 0 heterocycles. The third kappa shape index (κ3) is 8.34. The van der Waals surface area contributed by atoms with Gasteiger partial charge in [0.05, 0.1) is 11.6 Å². The van der Waals surface area contributed by atoms with Gasteiger partial charge in [-0.3, -0.25) is 10.3 Å². The maximum atomic E-state index is 13.9. The molecule has 2 rings (SSSR count). The number of ether oxygens (including phenoxy) is 1. The first-order valence-electron chi connectivity index (χ1n) is 9.92. The first-order chi connectivity index (χ1) is 14.7. The Morgan fingerprint density at radius 2 is 1.87 bits per heavy atom. The van der Waals surface area contributed by atoms with Gasteiger partial charge >= 0.3 is 6.09 Å². The average molecular weight is 426 g/mol. The second-order valence-corrected chi connectivity index (χ2v) is 7.84. The van der Waals surface area contributed by atoms with Crippen LogP contribution in [0.3, 0.4) is 0 Å². The molecule has 0 aliphatic carbocycles. The van der Waals surface area contributed by atoms with Gasteiger partial charge in [-0.1, -0.05) is 12.1 Å². The zero-order valence-electron chi connectivity index (χ0n) is 18.3. The highest BCUT2D eigenvalue weighted by atomic mass is 19.1. The number of benzene rings is 2. The molecule has 0 saturated carbocycles. The third-order valence-electron chi connectivity index (χ3n) is 4.15. The van der Waals surface area contributed by atoms with Crippen LogP contribution in [0.15, 0.2) is 47.5 Å². The van der Waals surface area contributed by atoms with Crippen molar-refractivity contribution in [3.05, 3.63) is 65.0 Å². The summed E-state index contributed by atoms with van der Waals surface area (Å²) in [5, 5.41) is 17.9. The minimum atomic E-state index is -0.549. The van der Waals surface area contributed by atoms with Crippen LogP contribution in [0.2, 0.25) is 0 Å². The van der Waals surface area contributed by atoms with Crippen LogP contribution < -0.4 is 16.0 Å². The lowest BCUT2D eigenvalue weighted by Crippen LogP contribution is -2.38. The van der Waals surface area contributed by atoms with Gasteiger partial charge in [0, 0.05) is 31.4 Å². The number of anilines is 1. The minimum Gasteiger partial charge on any atom is -0.444 e. The SMILES string of the molecule is CN=C(NCCc1ccc(NC(=O)OC(C)(C)C)cc1)NCc1cc(C#N)ccc1F. The average Bonchev–Trinajstić information content (AvgIpc) is 2.71. The monoisotopic (exact) mass is 425 g/mol. The van der Waals surface area contributed by atoms with E-state index in [1.165, 1.54) is 18.2 Å². The number of carbonyl (C=O) groups excluding carboxylic acids is 1. The number of aliphatic imine (C=N–C) groups is 1. The molecule has 1 amide bonds. The number of nitrogens with zero attached hydrogens (tertiary/aromatic N) is 2. The number of guanidine groups is 1. The lowest BCUT2D eigenvalue weighted by Gasteiger charge is -2.19. The summed E-state index contributed by atoms with van der Waals surface area (Å²) in [6.07, 6.45) is 0.236. The van der Waals surface area contributed by atoms with Crippen molar-refractivity contribution in [2.45, 2.75) is 39.3 Å². The maximum absolute atomic E-state index is 13.9. The molecular formula is C23H28FN5O2. The first-order valence-corrected chi connectivity index (χ1v) is 9.92. The molecule has 0 aliphatic heterocycles. The van der Waals surface area contributed by atoms with Crippen LogP contribution in [0.5, 0.6) is 0 Å². The summed E-state index contributed by atoms with van der Waals surface area (Å²) in [4.78, 5) is 15.9. The van der Waals surface area contributed by atoms with Gasteiger partial charge in [-0.05, 0) is 63.1 Å². The highest BCUT2D eigenvalue weighted by Gasteiger charge is 2.16. The van der Waals surface area contributed by atoms with Crippen molar-refractivity contribution in [2.24, 2.45) is 4.99 Å². The van der Waals surface area contributed by atoms with E-state index in [0.717, 1.165) is 12.0 Å². The van der Waals surface area contributed by atoms with E-state index in [2.05, 4.69) is 20.9 Å². The molecule has 0 bridgehead atoms. The van der Waals surface area contributed by atoms with Crippen molar-refractivity contribution >= 4 is 17.7 Å². The molecule has 3 N–H and O–H groups in total. The lowest BCUT2D eigenvalue weighted by atomic mass is 10.1. The number of hydrogen-bond acceptors (Lipinski definition) is 4. The standard InChI is InChI=1S/C23H28FN5O2/c1-23(2,3)31-22(30)29-19-8-5-16(6-9-19)11-12-27-21(26-4)28-15-18-13-17(14-25)7-10-20(18)24/h5-10,13H,11-12,15H2,1-4H3,(H,29,30)(H2,26,27,28). The number of nitrogens with one attached hydrogen (secondary N) is 3. The van der Waals surface area contributed by atoms with Gasteiger partial charge in [0.1, 0.15) is 11.4 Å². The number of carbonyl (C=O) groups is 1. The minimum absolute atomic E-state index is 0.214. The van der Waals surface area contributed by atoms with Crippen molar-refractivity contribution in [3.63, 3.8) is 0 Å². The summed E-state index contributed by atoms with van der Waals surface area (Å²) < 4.78 is 19.1. The summed E-state index contributed by atoms with van der Waals surface area (Å²) >= 11 is 0. The van der Waals surface area contributed by atoms with Crippen molar-refractivity contribution in [2.75, 3.05) is 18.9 Å². The molecule has 0 aromatic heterocycles. The molecule has 2 aromatic rings. The summed E-state index contributed by atoms with van der Waals surface area (Å²) in [5.41, 5.74) is 1.99. The Balaban J connectivity index is 1.80. The molecule has 0 atom stereocenters. The normalized spacial score (nSPS) is 11.4. The van der Waals surface area contributed by atoms with Gasteiger partial charge in [-0.15, -0.1) is 0 Å². The summed E-state index contributed by atoms with van der Waals surface area (Å²) in [5.74, 6) is 0.159. The number of amides is 1. The maximum Gasteiger partial charge on any atom is 0.412 e. The Labute approximate surface area is 182 Å². The predicted molar refractivity (Wildman–Crippen MR) is 119 cm³/mol. The van der Waals surface area contributed by atoms with E-state index >= 15 is 0 Å². The van der Waals surface area contributed by atoms with Crippen molar-refractivity contribution < 1.29 is 13.9 Å². The topological polar surface area (TPSA) is 98.5 Å². The zero-order valence-corrected chi connectivity index (χ0v) is 18.3. The number of halogens is 1. The van der Waals surface area contributed by atoms with Crippen LogP contribution in [-0.4, -0.2) is 31.2 Å². The largest absolute Gasteiger partial charge is 0.444 e. The number of nitriles is 1. The van der Waals surface area contributed by atoms with Gasteiger partial charge in [0.25, 0.3) is 0 Å². The van der Waals surface area contributed by atoms with E-state index in [0.29, 0.717) is 29.3 Å². The van der Waals surface area contributed by atoms with Gasteiger partial charge < -0.3 is 15.4 Å². The predicted octanol–water partition coefficient (Wildman–Crippen LogP) is 3.95. The highest BCUT2D eigenvalue weighted by molar-refractivity contribution is 5.84. The van der Waals surface area contributed by atoms with Crippen LogP contribution in [0.25, 0.3) is 0 Å². The van der Waals surface area contributed by atoms with Crippen LogP contribution >= 0.6 is 0 Å². The zero-order chi connectivity index (χ0) is 22.9. The highest BCUT2D eigenvalue weighted by Crippen LogP contribution is 2.13. The van der Waals surface area contributed by atoms with E-state index in [9.17, 15) is 9.18 Å². The van der Waals surface area contributed by atoms with Gasteiger partial charge in [-0.25, -0.2) is 9.18 Å². The third-order valence-corrected chi connectivity index (χ3v) is 4.15. The number of rotatable bonds is 6. The lowest BCUT2D eigenvalue weighted by molar-refractivity contribution is 0.0636. The molecule has 0 saturated heterocycles. The summed E-state index contributed by atoms with van der Waals surface area (Å²) in [6, 6.07) is 13.7. The van der Waals surface area contributed by atoms with Gasteiger partial charge in [0.15, 0.2) is 5.96 Å². The Morgan fingerprint density at radius 3 is 2.48 bits per heavy atom. The fourth-order valence-corrected chi connectivity index (χ4v) is 2.68. The smallest absolute Gasteiger partial charge is 0.412 e. The Kier molecular flexibility index (Phi) is 8.38. The van der Waals surface area contributed by atoms with Crippen molar-refractivity contribution in [3.8, 4) is 6.07 Å². The second kappa shape index (κ2) is 11.0. The molecule has 2 aromatic carbocycles. The fraction of sp³-hybridized carbons (Fsp3) is 0.348. The van der Waals surface area contributed by atoms with E-state index in [-0.39, 0.29) is 12.4 Å². The quantitative estimate of drug-likeness (QED) is 0.481. The van der Waals surface area contributed by atoms with Crippen LogP contribution in [0.4, 0.5) is 14.9 Å². The Hall–Kier alpha value is -3.60. The molecule has 164 valence electrons. The van der Waals surface area contributed by atoms with Crippen molar-refractivity contribution in [1.82, 2.24) is 10.6 Å². The van der Waals surface area contributed by atoms with E-state index in [1.807, 2.05) is 51.1 Å². The molecule has 7 nitrogen and oxygen atoms in total. The Bertz CT molecular complexity index is 959.